The molecule has 0 aromatic carbocycles. The summed E-state index contributed by atoms with van der Waals surface area (Å²) in [7, 11) is -3.71. The van der Waals surface area contributed by atoms with Crippen molar-refractivity contribution in [3.63, 3.8) is 0 Å². The monoisotopic (exact) mass is 805 g/mol. The lowest BCUT2D eigenvalue weighted by molar-refractivity contribution is -0.150. The maximum atomic E-state index is 14.0. The standard InChI is InChI=1S/C44H80N2O5SSi2/c1-30-20-19-22-44(14)37(46(44)23-25-50-54(17,18)42(9,10)11)28-36(51-39(47)27-32(3)43(12,13)40(48)34(5)33(30)4)31(2)26-35-29-52-38(45-35)21-24-49-53(15,16)41(6,7)8/h26,29-30,32-34,36-37H,19-25,27-28H2,1-18H3/b31-26+/t30-,32-,33-,34+,36-,37-,44+,46?/m0/s1. The van der Waals surface area contributed by atoms with Gasteiger partial charge in [0, 0.05) is 67.3 Å². The highest BCUT2D eigenvalue weighted by atomic mass is 32.1. The first-order valence-corrected chi connectivity index (χ1v) is 27.7. The Kier molecular flexibility index (Phi) is 15.5. The van der Waals surface area contributed by atoms with E-state index in [4.69, 9.17) is 18.6 Å². The highest BCUT2D eigenvalue weighted by Gasteiger charge is 2.58. The number of ether oxygens (including phenoxy) is 1. The molecule has 0 spiro atoms. The first kappa shape index (κ1) is 47.2. The molecule has 1 unspecified atom stereocenters. The van der Waals surface area contributed by atoms with Crippen LogP contribution in [0, 0.1) is 29.1 Å². The Morgan fingerprint density at radius 3 is 2.13 bits per heavy atom. The number of rotatable bonds is 10. The molecule has 7 nitrogen and oxygen atoms in total. The van der Waals surface area contributed by atoms with E-state index in [1.165, 1.54) is 0 Å². The summed E-state index contributed by atoms with van der Waals surface area (Å²) in [6.07, 6.45) is 6.69. The molecule has 54 heavy (non-hydrogen) atoms. The van der Waals surface area contributed by atoms with E-state index in [2.05, 4.69) is 119 Å². The molecule has 2 saturated heterocycles. The summed E-state index contributed by atoms with van der Waals surface area (Å²) in [5, 5.41) is 3.49. The third-order valence-electron chi connectivity index (χ3n) is 14.8. The number of hydrogen-bond acceptors (Lipinski definition) is 8. The quantitative estimate of drug-likeness (QED) is 0.132. The van der Waals surface area contributed by atoms with E-state index in [0.29, 0.717) is 19.1 Å². The lowest BCUT2D eigenvalue weighted by Crippen LogP contribution is -2.42. The summed E-state index contributed by atoms with van der Waals surface area (Å²) in [6, 6.07) is 0.273. The SMILES string of the molecule is C/C(=C\c1csc(CCO[Si](C)(C)C(C)(C)C)n1)[C@@H]1C[C@@H]2N(CCO[Si](C)(C)C(C)(C)C)[C@]2(C)CCC[C@H](C)[C@H](C)[C@@H](C)C(=O)C(C)(C)[C@@H](C)CC(=O)O1. The van der Waals surface area contributed by atoms with Crippen LogP contribution in [0.1, 0.15) is 140 Å². The Morgan fingerprint density at radius 2 is 1.56 bits per heavy atom. The van der Waals surface area contributed by atoms with Gasteiger partial charge in [-0.05, 0) is 85.9 Å². The van der Waals surface area contributed by atoms with Gasteiger partial charge in [-0.15, -0.1) is 11.3 Å². The van der Waals surface area contributed by atoms with E-state index in [9.17, 15) is 9.59 Å². The Labute approximate surface area is 337 Å². The molecule has 0 N–H and O–H groups in total. The van der Waals surface area contributed by atoms with Crippen molar-refractivity contribution in [2.75, 3.05) is 19.8 Å². The number of aromatic nitrogens is 1. The molecule has 0 bridgehead atoms. The predicted octanol–water partition coefficient (Wildman–Crippen LogP) is 11.6. The first-order valence-electron chi connectivity index (χ1n) is 21.0. The number of esters is 1. The number of hydrogen-bond donors (Lipinski definition) is 0. The molecule has 1 aromatic rings. The zero-order chi connectivity index (χ0) is 41.2. The summed E-state index contributed by atoms with van der Waals surface area (Å²) in [4.78, 5) is 35.4. The molecule has 0 amide bonds. The molecular weight excluding hydrogens is 725 g/mol. The number of carbonyl (C=O) groups is 2. The molecule has 10 heteroatoms. The largest absolute Gasteiger partial charge is 0.458 e. The number of nitrogens with zero attached hydrogens (tertiary/aromatic N) is 2. The van der Waals surface area contributed by atoms with Gasteiger partial charge >= 0.3 is 5.97 Å². The van der Waals surface area contributed by atoms with Gasteiger partial charge in [-0.25, -0.2) is 4.98 Å². The van der Waals surface area contributed by atoms with E-state index < -0.39 is 28.2 Å². The van der Waals surface area contributed by atoms with Crippen molar-refractivity contribution in [1.82, 2.24) is 9.88 Å². The highest BCUT2D eigenvalue weighted by molar-refractivity contribution is 7.09. The number of thiazole rings is 1. The fourth-order valence-corrected chi connectivity index (χ4v) is 10.4. The molecular formula is C44H80N2O5SSi2. The maximum Gasteiger partial charge on any atom is 0.306 e. The number of carbonyl (C=O) groups excluding carboxylic acids is 2. The van der Waals surface area contributed by atoms with Gasteiger partial charge in [0.1, 0.15) is 11.9 Å². The number of cyclic esters (lactones) is 1. The number of ketones is 1. The Morgan fingerprint density at radius 1 is 0.981 bits per heavy atom. The average molecular weight is 805 g/mol. The van der Waals surface area contributed by atoms with Gasteiger partial charge < -0.3 is 13.6 Å². The third-order valence-corrected chi connectivity index (χ3v) is 24.8. The van der Waals surface area contributed by atoms with E-state index >= 15 is 0 Å². The Balaban J connectivity index is 1.91. The second-order valence-corrected chi connectivity index (χ2v) is 31.6. The molecule has 0 radical (unpaired) electrons. The van der Waals surface area contributed by atoms with Gasteiger partial charge in [-0.2, -0.15) is 0 Å². The van der Waals surface area contributed by atoms with Gasteiger partial charge in [0.25, 0.3) is 0 Å². The van der Waals surface area contributed by atoms with Crippen LogP contribution < -0.4 is 0 Å². The number of Topliss-reactive ketones (excluding diaryl/α,β-unsaturated/α-hetero) is 1. The van der Waals surface area contributed by atoms with E-state index in [0.717, 1.165) is 54.9 Å². The van der Waals surface area contributed by atoms with Crippen LogP contribution >= 0.6 is 11.3 Å². The van der Waals surface area contributed by atoms with Crippen LogP contribution in [-0.4, -0.2) is 75.7 Å². The Bertz CT molecular complexity index is 1460. The van der Waals surface area contributed by atoms with Crippen LogP contribution in [0.5, 0.6) is 0 Å². The molecule has 3 rings (SSSR count). The summed E-state index contributed by atoms with van der Waals surface area (Å²) < 4.78 is 19.6. The van der Waals surface area contributed by atoms with Crippen molar-refractivity contribution in [2.24, 2.45) is 29.1 Å². The van der Waals surface area contributed by atoms with E-state index in [-0.39, 0.29) is 57.6 Å². The second kappa shape index (κ2) is 17.8. The van der Waals surface area contributed by atoms with Crippen LogP contribution in [0.25, 0.3) is 6.08 Å². The van der Waals surface area contributed by atoms with Crippen LogP contribution in [0.3, 0.4) is 0 Å². The van der Waals surface area contributed by atoms with Crippen LogP contribution in [0.4, 0.5) is 0 Å². The maximum absolute atomic E-state index is 14.0. The normalized spacial score (nSPS) is 31.2. The number of fused-ring (bicyclic) bond motifs is 1. The highest BCUT2D eigenvalue weighted by Crippen LogP contribution is 2.49. The van der Waals surface area contributed by atoms with Crippen molar-refractivity contribution < 1.29 is 23.2 Å². The van der Waals surface area contributed by atoms with Gasteiger partial charge in [0.15, 0.2) is 16.6 Å². The van der Waals surface area contributed by atoms with Crippen LogP contribution in [-0.2, 0) is 29.6 Å². The average Bonchev–Trinajstić information content (AvgIpc) is 3.32. The van der Waals surface area contributed by atoms with Gasteiger partial charge in [-0.3, -0.25) is 14.5 Å². The molecule has 0 saturated carbocycles. The summed E-state index contributed by atoms with van der Waals surface area (Å²) in [6.45, 7) is 42.4. The molecule has 1 aromatic heterocycles. The van der Waals surface area contributed by atoms with Crippen LogP contribution in [0.15, 0.2) is 11.0 Å². The van der Waals surface area contributed by atoms with Crippen molar-refractivity contribution in [3.8, 4) is 0 Å². The lowest BCUT2D eigenvalue weighted by atomic mass is 9.67. The van der Waals surface area contributed by atoms with Crippen molar-refractivity contribution >= 4 is 45.8 Å². The molecule has 310 valence electrons. The molecule has 0 aliphatic carbocycles. The summed E-state index contributed by atoms with van der Waals surface area (Å²) in [5.41, 5.74) is 1.27. The molecule has 2 fully saturated rings. The van der Waals surface area contributed by atoms with E-state index in [1.807, 2.05) is 20.8 Å². The summed E-state index contributed by atoms with van der Waals surface area (Å²) in [5.74, 6) is 0.494. The first-order chi connectivity index (χ1) is 24.5. The zero-order valence-corrected chi connectivity index (χ0v) is 40.6. The minimum atomic E-state index is -1.89. The minimum Gasteiger partial charge on any atom is -0.458 e. The molecule has 3 heterocycles. The smallest absolute Gasteiger partial charge is 0.306 e. The molecule has 2 aliphatic rings. The Hall–Kier alpha value is -1.18. The van der Waals surface area contributed by atoms with Gasteiger partial charge in [0.05, 0.1) is 10.7 Å². The molecule has 8 atom stereocenters. The van der Waals surface area contributed by atoms with Crippen molar-refractivity contribution in [3.05, 3.63) is 21.7 Å². The summed E-state index contributed by atoms with van der Waals surface area (Å²) >= 11 is 1.67. The van der Waals surface area contributed by atoms with Crippen molar-refractivity contribution in [1.29, 1.82) is 0 Å². The van der Waals surface area contributed by atoms with Crippen LogP contribution in [0.2, 0.25) is 36.3 Å². The zero-order valence-electron chi connectivity index (χ0n) is 37.8. The second-order valence-electron chi connectivity index (χ2n) is 21.0. The lowest BCUT2D eigenvalue weighted by Gasteiger charge is -2.36. The molecule has 2 aliphatic heterocycles. The topological polar surface area (TPSA) is 77.7 Å². The fraction of sp³-hybridized carbons (Fsp3) is 0.841. The predicted molar refractivity (Wildman–Crippen MR) is 233 cm³/mol. The fourth-order valence-electron chi connectivity index (χ4n) is 7.59. The van der Waals surface area contributed by atoms with Crippen molar-refractivity contribution in [2.45, 2.75) is 189 Å². The van der Waals surface area contributed by atoms with Gasteiger partial charge in [0.2, 0.25) is 0 Å². The van der Waals surface area contributed by atoms with E-state index in [1.54, 1.807) is 11.3 Å². The third kappa shape index (κ3) is 11.5. The van der Waals surface area contributed by atoms with Gasteiger partial charge in [-0.1, -0.05) is 95.9 Å². The minimum absolute atomic E-state index is 0.00355.